The molecule has 1 aromatic rings. The van der Waals surface area contributed by atoms with Gasteiger partial charge in [-0.2, -0.15) is 0 Å². The number of hydrogen-bond acceptors (Lipinski definition) is 7. The number of aliphatic hydroxyl groups is 1. The normalized spacial score (nSPS) is 28.3. The van der Waals surface area contributed by atoms with Gasteiger partial charge in [0.15, 0.2) is 0 Å². The van der Waals surface area contributed by atoms with E-state index >= 15 is 0 Å². The summed E-state index contributed by atoms with van der Waals surface area (Å²) in [5.74, 6) is -3.07. The van der Waals surface area contributed by atoms with Crippen molar-refractivity contribution in [2.75, 3.05) is 19.8 Å². The van der Waals surface area contributed by atoms with Gasteiger partial charge in [0.05, 0.1) is 36.6 Å². The number of aliphatic hydroxyl groups excluding tert-OH is 1. The highest BCUT2D eigenvalue weighted by Gasteiger charge is 2.75. The Morgan fingerprint density at radius 1 is 1.15 bits per heavy atom. The van der Waals surface area contributed by atoms with E-state index in [0.29, 0.717) is 32.2 Å². The lowest BCUT2D eigenvalue weighted by Crippen LogP contribution is -2.61. The van der Waals surface area contributed by atoms with Gasteiger partial charge in [-0.25, -0.2) is 0 Å². The van der Waals surface area contributed by atoms with Gasteiger partial charge in [-0.1, -0.05) is 82.0 Å². The first-order valence-corrected chi connectivity index (χ1v) is 17.9. The largest absolute Gasteiger partial charge is 0.463 e. The summed E-state index contributed by atoms with van der Waals surface area (Å²) in [5.41, 5.74) is -0.423. The molecule has 10 nitrogen and oxygen atoms in total. The van der Waals surface area contributed by atoms with Gasteiger partial charge in [0, 0.05) is 19.0 Å². The Kier molecular flexibility index (Phi) is 11.8. The number of nitrogens with one attached hydrogen (secondary N) is 1. The standard InChI is InChI=1S/C38H53N3O7/c1-5-8-19-31(43)47-24-28(26-15-11-9-12-16-26)39-35(44)32-30-20-21-38(48-30)33(32)36(45)41(29(23-42)25(4)7-3)34(38)37(46)40(22-6-2)27-17-13-10-14-18-27/h5-6,9,11-12,15-16,25,27-30,32-34,42H,1-2,7-8,10,13-14,17-24H2,3-4H3,(H,39,44)/t25-,28+,29-,30+,32-,33-,34+,38-/m0/s1. The van der Waals surface area contributed by atoms with Crippen LogP contribution in [0.2, 0.25) is 0 Å². The first kappa shape index (κ1) is 35.8. The second-order valence-electron chi connectivity index (χ2n) is 14.0. The summed E-state index contributed by atoms with van der Waals surface area (Å²) in [5, 5.41) is 13.8. The van der Waals surface area contributed by atoms with Crippen LogP contribution in [0.25, 0.3) is 0 Å². The van der Waals surface area contributed by atoms with Gasteiger partial charge in [0.2, 0.25) is 17.7 Å². The highest BCUT2D eigenvalue weighted by molar-refractivity contribution is 5.99. The maximum absolute atomic E-state index is 14.9. The van der Waals surface area contributed by atoms with E-state index in [1.165, 1.54) is 0 Å². The molecule has 5 rings (SSSR count). The quantitative estimate of drug-likeness (QED) is 0.197. The van der Waals surface area contributed by atoms with Gasteiger partial charge in [-0.3, -0.25) is 19.2 Å². The van der Waals surface area contributed by atoms with Crippen molar-refractivity contribution < 1.29 is 33.8 Å². The van der Waals surface area contributed by atoms with Crippen LogP contribution in [0.1, 0.15) is 89.7 Å². The van der Waals surface area contributed by atoms with Crippen molar-refractivity contribution in [3.05, 3.63) is 61.2 Å². The molecule has 10 heteroatoms. The molecule has 48 heavy (non-hydrogen) atoms. The topological polar surface area (TPSA) is 125 Å². The Balaban J connectivity index is 1.48. The number of carbonyl (C=O) groups excluding carboxylic acids is 4. The summed E-state index contributed by atoms with van der Waals surface area (Å²) in [6.07, 6.45) is 10.2. The van der Waals surface area contributed by atoms with Gasteiger partial charge in [0.25, 0.3) is 0 Å². The molecule has 2 N–H and O–H groups in total. The van der Waals surface area contributed by atoms with Crippen LogP contribution < -0.4 is 5.32 Å². The number of nitrogens with zero attached hydrogens (tertiary/aromatic N) is 2. The second kappa shape index (κ2) is 15.8. The van der Waals surface area contributed by atoms with Crippen LogP contribution in [0.15, 0.2) is 55.6 Å². The molecule has 4 aliphatic rings. The minimum atomic E-state index is -1.19. The summed E-state index contributed by atoms with van der Waals surface area (Å²) in [4.78, 5) is 59.8. The van der Waals surface area contributed by atoms with Gasteiger partial charge in [-0.15, -0.1) is 13.2 Å². The maximum Gasteiger partial charge on any atom is 0.306 e. The predicted molar refractivity (Wildman–Crippen MR) is 181 cm³/mol. The summed E-state index contributed by atoms with van der Waals surface area (Å²) in [6, 6.07) is 7.11. The molecule has 3 amide bonds. The predicted octanol–water partition coefficient (Wildman–Crippen LogP) is 4.48. The van der Waals surface area contributed by atoms with Crippen molar-refractivity contribution in [1.82, 2.24) is 15.1 Å². The molecule has 4 fully saturated rings. The lowest BCUT2D eigenvalue weighted by Gasteiger charge is -2.43. The number of amides is 3. The van der Waals surface area contributed by atoms with E-state index in [4.69, 9.17) is 9.47 Å². The van der Waals surface area contributed by atoms with Crippen LogP contribution in [-0.2, 0) is 28.7 Å². The van der Waals surface area contributed by atoms with Crippen LogP contribution in [0.4, 0.5) is 0 Å². The lowest BCUT2D eigenvalue weighted by atomic mass is 9.70. The fraction of sp³-hybridized carbons (Fsp3) is 0.632. The number of fused-ring (bicyclic) bond motifs is 1. The molecule has 1 spiro atoms. The minimum absolute atomic E-state index is 0.0337. The number of esters is 1. The first-order chi connectivity index (χ1) is 23.2. The van der Waals surface area contributed by atoms with Crippen LogP contribution in [0.3, 0.4) is 0 Å². The highest BCUT2D eigenvalue weighted by Crippen LogP contribution is 2.59. The Morgan fingerprint density at radius 2 is 1.88 bits per heavy atom. The van der Waals surface area contributed by atoms with Crippen LogP contribution in [0, 0.1) is 17.8 Å². The van der Waals surface area contributed by atoms with Gasteiger partial charge >= 0.3 is 5.97 Å². The number of hydrogen-bond donors (Lipinski definition) is 2. The molecule has 0 aromatic heterocycles. The third kappa shape index (κ3) is 6.83. The SMILES string of the molecule is C=CCCC(=O)OC[C@@H](NC(=O)[C@@H]1[C@H]2C(=O)N([C@@H](CO)[C@@H](C)CC)[C@H](C(=O)N(CC=C)C3CCCCC3)[C@]23CC[C@H]1O3)c1ccccc1. The van der Waals surface area contributed by atoms with E-state index in [1.54, 1.807) is 17.1 Å². The number of ether oxygens (including phenoxy) is 2. The fourth-order valence-electron chi connectivity index (χ4n) is 8.59. The molecule has 0 radical (unpaired) electrons. The molecule has 1 aromatic carbocycles. The Bertz CT molecular complexity index is 1330. The molecule has 3 heterocycles. The molecule has 1 aliphatic carbocycles. The van der Waals surface area contributed by atoms with E-state index in [9.17, 15) is 24.3 Å². The summed E-state index contributed by atoms with van der Waals surface area (Å²) in [6.45, 7) is 11.6. The van der Waals surface area contributed by atoms with Gasteiger partial charge in [0.1, 0.15) is 18.2 Å². The number of allylic oxidation sites excluding steroid dienone is 1. The zero-order valence-electron chi connectivity index (χ0n) is 28.6. The zero-order valence-corrected chi connectivity index (χ0v) is 28.6. The molecule has 8 atom stereocenters. The zero-order chi connectivity index (χ0) is 34.4. The van der Waals surface area contributed by atoms with E-state index in [0.717, 1.165) is 37.7 Å². The molecule has 3 saturated heterocycles. The van der Waals surface area contributed by atoms with Crippen molar-refractivity contribution >= 4 is 23.7 Å². The first-order valence-electron chi connectivity index (χ1n) is 17.9. The average Bonchev–Trinajstić information content (AvgIpc) is 3.76. The number of carbonyl (C=O) groups is 4. The summed E-state index contributed by atoms with van der Waals surface area (Å²) >= 11 is 0. The van der Waals surface area contributed by atoms with E-state index < -0.39 is 47.6 Å². The monoisotopic (exact) mass is 663 g/mol. The van der Waals surface area contributed by atoms with Crippen LogP contribution >= 0.6 is 0 Å². The summed E-state index contributed by atoms with van der Waals surface area (Å²) in [7, 11) is 0. The second-order valence-corrected chi connectivity index (χ2v) is 14.0. The van der Waals surface area contributed by atoms with Crippen LogP contribution in [-0.4, -0.2) is 88.2 Å². The molecular formula is C38H53N3O7. The molecule has 262 valence electrons. The third-order valence-electron chi connectivity index (χ3n) is 11.2. The van der Waals surface area contributed by atoms with Crippen molar-refractivity contribution in [2.24, 2.45) is 17.8 Å². The van der Waals surface area contributed by atoms with E-state index in [1.807, 2.05) is 49.1 Å². The van der Waals surface area contributed by atoms with Crippen LogP contribution in [0.5, 0.6) is 0 Å². The fourth-order valence-corrected chi connectivity index (χ4v) is 8.59. The van der Waals surface area contributed by atoms with E-state index in [-0.39, 0.29) is 49.3 Å². The Morgan fingerprint density at radius 3 is 2.52 bits per heavy atom. The summed E-state index contributed by atoms with van der Waals surface area (Å²) < 4.78 is 12.3. The number of benzene rings is 1. The molecular weight excluding hydrogens is 610 g/mol. The molecule has 1 saturated carbocycles. The molecule has 0 unspecified atom stereocenters. The molecule has 3 aliphatic heterocycles. The maximum atomic E-state index is 14.9. The number of likely N-dealkylation sites (tertiary alicyclic amines) is 1. The molecule has 2 bridgehead atoms. The van der Waals surface area contributed by atoms with Crippen molar-refractivity contribution in [3.8, 4) is 0 Å². The highest BCUT2D eigenvalue weighted by atomic mass is 16.5. The lowest BCUT2D eigenvalue weighted by molar-refractivity contribution is -0.154. The van der Waals surface area contributed by atoms with E-state index in [2.05, 4.69) is 18.5 Å². The Labute approximate surface area is 284 Å². The number of rotatable bonds is 16. The van der Waals surface area contributed by atoms with Gasteiger partial charge < -0.3 is 29.7 Å². The minimum Gasteiger partial charge on any atom is -0.463 e. The average molecular weight is 664 g/mol. The van der Waals surface area contributed by atoms with Crippen molar-refractivity contribution in [2.45, 2.75) is 114 Å². The van der Waals surface area contributed by atoms with Gasteiger partial charge in [-0.05, 0) is 43.6 Å². The Hall–Kier alpha value is -3.50. The van der Waals surface area contributed by atoms with Crippen molar-refractivity contribution in [1.29, 1.82) is 0 Å². The van der Waals surface area contributed by atoms with Crippen molar-refractivity contribution in [3.63, 3.8) is 0 Å². The smallest absolute Gasteiger partial charge is 0.306 e. The third-order valence-corrected chi connectivity index (χ3v) is 11.2.